The Balaban J connectivity index is 3.78. The van der Waals surface area contributed by atoms with E-state index >= 15 is 0 Å². The number of hydrogen-bond donors (Lipinski definition) is 2. The zero-order valence-electron chi connectivity index (χ0n) is 11.2. The molecule has 0 saturated carbocycles. The molecule has 2 atom stereocenters. The van der Waals surface area contributed by atoms with Crippen molar-refractivity contribution in [2.75, 3.05) is 0 Å². The van der Waals surface area contributed by atoms with Crippen molar-refractivity contribution in [3.63, 3.8) is 0 Å². The molecule has 0 spiro atoms. The summed E-state index contributed by atoms with van der Waals surface area (Å²) in [5.74, 6) is 0. The van der Waals surface area contributed by atoms with Crippen molar-refractivity contribution < 1.29 is 0 Å². The highest BCUT2D eigenvalue weighted by atomic mass is 35.5. The van der Waals surface area contributed by atoms with Crippen LogP contribution in [0.2, 0.25) is 0 Å². The van der Waals surface area contributed by atoms with Gasteiger partial charge in [0.2, 0.25) is 0 Å². The van der Waals surface area contributed by atoms with Crippen LogP contribution in [0.4, 0.5) is 0 Å². The quantitative estimate of drug-likeness (QED) is 0.470. The minimum atomic E-state index is -0.609. The highest BCUT2D eigenvalue weighted by molar-refractivity contribution is 6.20. The molecular weight excluding hydrogens is 255 g/mol. The summed E-state index contributed by atoms with van der Waals surface area (Å²) < 4.78 is 0. The average molecular weight is 283 g/mol. The fraction of sp³-hybridized carbons (Fsp3) is 1.00. The molecule has 0 radical (unpaired) electrons. The maximum absolute atomic E-state index is 6.16. The lowest BCUT2D eigenvalue weighted by Crippen LogP contribution is -2.49. The fourth-order valence-electron chi connectivity index (χ4n) is 1.89. The Labute approximate surface area is 116 Å². The molecule has 0 aromatic carbocycles. The summed E-state index contributed by atoms with van der Waals surface area (Å²) in [5.41, 5.74) is 11.5. The van der Waals surface area contributed by atoms with Crippen molar-refractivity contribution in [3.05, 3.63) is 0 Å². The summed E-state index contributed by atoms with van der Waals surface area (Å²) in [7, 11) is 0. The van der Waals surface area contributed by atoms with Gasteiger partial charge in [-0.2, -0.15) is 0 Å². The van der Waals surface area contributed by atoms with Crippen molar-refractivity contribution in [3.8, 4) is 0 Å². The summed E-state index contributed by atoms with van der Waals surface area (Å²) in [6, 6.07) is 0. The highest BCUT2D eigenvalue weighted by Gasteiger charge is 2.21. The maximum atomic E-state index is 6.16. The first kappa shape index (κ1) is 17.5. The minimum absolute atomic E-state index is 0.203. The van der Waals surface area contributed by atoms with Crippen LogP contribution in [-0.4, -0.2) is 16.4 Å². The maximum Gasteiger partial charge on any atom is 0.0637 e. The van der Waals surface area contributed by atoms with Crippen molar-refractivity contribution in [1.29, 1.82) is 0 Å². The van der Waals surface area contributed by atoms with E-state index in [9.17, 15) is 0 Å². The summed E-state index contributed by atoms with van der Waals surface area (Å²) in [5, 5.41) is 0.405. The Bertz CT molecular complexity index is 168. The Morgan fingerprint density at radius 2 is 1.18 bits per heavy atom. The van der Waals surface area contributed by atoms with Crippen LogP contribution in [-0.2, 0) is 0 Å². The van der Waals surface area contributed by atoms with Gasteiger partial charge < -0.3 is 11.5 Å². The molecule has 0 bridgehead atoms. The fourth-order valence-corrected chi connectivity index (χ4v) is 2.55. The zero-order valence-corrected chi connectivity index (χ0v) is 12.7. The average Bonchev–Trinajstić information content (AvgIpc) is 2.25. The van der Waals surface area contributed by atoms with Crippen LogP contribution in [0.25, 0.3) is 0 Å². The molecule has 0 aromatic heterocycles. The lowest BCUT2D eigenvalue weighted by Gasteiger charge is -2.26. The molecule has 2 unspecified atom stereocenters. The van der Waals surface area contributed by atoms with Gasteiger partial charge in [-0.15, -0.1) is 23.2 Å². The number of alkyl halides is 2. The Morgan fingerprint density at radius 3 is 1.47 bits per heavy atom. The molecule has 4 heteroatoms. The van der Waals surface area contributed by atoms with Gasteiger partial charge in [0.1, 0.15) is 0 Å². The van der Waals surface area contributed by atoms with Crippen molar-refractivity contribution in [2.45, 2.75) is 81.6 Å². The van der Waals surface area contributed by atoms with E-state index in [1.807, 2.05) is 0 Å². The number of nitrogens with two attached hydrogens (primary N) is 2. The van der Waals surface area contributed by atoms with Gasteiger partial charge in [-0.1, -0.05) is 26.7 Å². The van der Waals surface area contributed by atoms with E-state index in [4.69, 9.17) is 34.7 Å². The van der Waals surface area contributed by atoms with Crippen LogP contribution in [0.1, 0.15) is 65.2 Å². The smallest absolute Gasteiger partial charge is 0.0637 e. The molecule has 0 aromatic rings. The van der Waals surface area contributed by atoms with E-state index in [1.165, 1.54) is 0 Å². The monoisotopic (exact) mass is 282 g/mol. The molecule has 0 heterocycles. The second-order valence-corrected chi connectivity index (χ2v) is 6.32. The van der Waals surface area contributed by atoms with Crippen molar-refractivity contribution in [1.82, 2.24) is 0 Å². The molecule has 0 rings (SSSR count). The van der Waals surface area contributed by atoms with Crippen molar-refractivity contribution >= 4 is 23.2 Å². The third-order valence-electron chi connectivity index (χ3n) is 3.05. The number of rotatable bonds is 10. The summed E-state index contributed by atoms with van der Waals surface area (Å²) in [6.45, 7) is 4.27. The molecule has 0 aliphatic carbocycles. The Hall–Kier alpha value is 0.500. The summed E-state index contributed by atoms with van der Waals surface area (Å²) in [6.07, 6.45) is 7.62. The van der Waals surface area contributed by atoms with Gasteiger partial charge in [0.25, 0.3) is 0 Å². The molecule has 0 amide bonds. The second kappa shape index (κ2) is 9.43. The first-order chi connectivity index (χ1) is 7.91. The molecular formula is C13H28Cl2N2. The highest BCUT2D eigenvalue weighted by Crippen LogP contribution is 2.21. The van der Waals surface area contributed by atoms with Crippen LogP contribution < -0.4 is 11.5 Å². The minimum Gasteiger partial charge on any atom is -0.313 e. The van der Waals surface area contributed by atoms with Crippen LogP contribution in [0, 0.1) is 0 Å². The molecule has 0 fully saturated rings. The van der Waals surface area contributed by atoms with Gasteiger partial charge in [0, 0.05) is 10.8 Å². The van der Waals surface area contributed by atoms with Gasteiger partial charge in [-0.05, 0) is 38.5 Å². The molecule has 104 valence electrons. The number of hydrogen-bond acceptors (Lipinski definition) is 2. The van der Waals surface area contributed by atoms with E-state index < -0.39 is 5.66 Å². The van der Waals surface area contributed by atoms with E-state index in [0.717, 1.165) is 51.4 Å². The standard InChI is InChI=1S/C13H28Cl2N2/c1-3-5-11(14)7-9-13(16,17)10-8-12(15)6-4-2/h11-12H,3-10,16-17H2,1-2H3. The molecule has 0 aliphatic rings. The van der Waals surface area contributed by atoms with Gasteiger partial charge in [-0.3, -0.25) is 0 Å². The largest absolute Gasteiger partial charge is 0.313 e. The van der Waals surface area contributed by atoms with Crippen LogP contribution in [0.5, 0.6) is 0 Å². The van der Waals surface area contributed by atoms with E-state index in [0.29, 0.717) is 0 Å². The Kier molecular flexibility index (Phi) is 9.71. The molecule has 2 nitrogen and oxygen atoms in total. The SMILES string of the molecule is CCCC(Cl)CCC(N)(N)CCC(Cl)CCC. The first-order valence-corrected chi connectivity index (χ1v) is 7.64. The van der Waals surface area contributed by atoms with Crippen LogP contribution in [0.3, 0.4) is 0 Å². The normalized spacial score (nSPS) is 15.9. The zero-order chi connectivity index (χ0) is 13.3. The predicted molar refractivity (Wildman–Crippen MR) is 78.7 cm³/mol. The van der Waals surface area contributed by atoms with Gasteiger partial charge in [0.05, 0.1) is 5.66 Å². The van der Waals surface area contributed by atoms with E-state index in [-0.39, 0.29) is 10.8 Å². The molecule has 0 saturated heterocycles. The summed E-state index contributed by atoms with van der Waals surface area (Å²) in [4.78, 5) is 0. The topological polar surface area (TPSA) is 52.0 Å². The predicted octanol–water partition coefficient (Wildman–Crippen LogP) is 3.98. The number of halogens is 2. The third-order valence-corrected chi connectivity index (χ3v) is 3.92. The van der Waals surface area contributed by atoms with Crippen molar-refractivity contribution in [2.24, 2.45) is 11.5 Å². The van der Waals surface area contributed by atoms with Gasteiger partial charge >= 0.3 is 0 Å². The van der Waals surface area contributed by atoms with Gasteiger partial charge in [0.15, 0.2) is 0 Å². The molecule has 0 aliphatic heterocycles. The van der Waals surface area contributed by atoms with Crippen LogP contribution >= 0.6 is 23.2 Å². The Morgan fingerprint density at radius 1 is 0.824 bits per heavy atom. The summed E-state index contributed by atoms with van der Waals surface area (Å²) >= 11 is 12.3. The third kappa shape index (κ3) is 10.1. The van der Waals surface area contributed by atoms with Crippen LogP contribution in [0.15, 0.2) is 0 Å². The molecule has 4 N–H and O–H groups in total. The lowest BCUT2D eigenvalue weighted by atomic mass is 9.96. The van der Waals surface area contributed by atoms with Gasteiger partial charge in [-0.25, -0.2) is 0 Å². The second-order valence-electron chi connectivity index (χ2n) is 5.08. The molecule has 17 heavy (non-hydrogen) atoms. The van der Waals surface area contributed by atoms with E-state index in [1.54, 1.807) is 0 Å². The first-order valence-electron chi connectivity index (χ1n) is 6.77. The van der Waals surface area contributed by atoms with E-state index in [2.05, 4.69) is 13.8 Å². The lowest BCUT2D eigenvalue weighted by molar-refractivity contribution is 0.349.